The van der Waals surface area contributed by atoms with Gasteiger partial charge < -0.3 is 24.9 Å². The minimum atomic E-state index is -1.21. The molecule has 2 saturated heterocycles. The number of rotatable bonds is 4. The van der Waals surface area contributed by atoms with Gasteiger partial charge in [-0.05, 0) is 37.0 Å². The fourth-order valence-corrected chi connectivity index (χ4v) is 7.69. The van der Waals surface area contributed by atoms with Crippen molar-refractivity contribution >= 4 is 23.2 Å². The number of para-hydroxylation sites is 1. The first-order valence-corrected chi connectivity index (χ1v) is 15.6. The van der Waals surface area contributed by atoms with Gasteiger partial charge in [0.1, 0.15) is 11.7 Å². The summed E-state index contributed by atoms with van der Waals surface area (Å²) in [6.07, 6.45) is 5.71. The molecule has 4 aromatic rings. The van der Waals surface area contributed by atoms with E-state index >= 15 is 0 Å². The molecule has 1 aliphatic carbocycles. The van der Waals surface area contributed by atoms with Gasteiger partial charge in [-0.1, -0.05) is 61.4 Å². The topological polar surface area (TPSA) is 137 Å². The van der Waals surface area contributed by atoms with E-state index < -0.39 is 23.2 Å². The molecule has 4 heterocycles. The van der Waals surface area contributed by atoms with Gasteiger partial charge in [-0.2, -0.15) is 5.10 Å². The van der Waals surface area contributed by atoms with Crippen LogP contribution in [0.5, 0.6) is 0 Å². The maximum absolute atomic E-state index is 14.2. The van der Waals surface area contributed by atoms with Gasteiger partial charge >= 0.3 is 12.1 Å². The zero-order valence-electron chi connectivity index (χ0n) is 25.0. The van der Waals surface area contributed by atoms with E-state index in [1.807, 2.05) is 65.6 Å². The van der Waals surface area contributed by atoms with Crippen LogP contribution in [0.2, 0.25) is 0 Å². The van der Waals surface area contributed by atoms with Gasteiger partial charge in [0.05, 0.1) is 30.1 Å². The molecule has 2 aromatic carbocycles. The van der Waals surface area contributed by atoms with Crippen molar-refractivity contribution in [2.24, 2.45) is 5.41 Å². The van der Waals surface area contributed by atoms with Crippen LogP contribution in [0.25, 0.3) is 16.7 Å². The third kappa shape index (κ3) is 5.02. The predicted octanol–water partition coefficient (Wildman–Crippen LogP) is 3.74. The molecule has 0 bridgehead atoms. The van der Waals surface area contributed by atoms with E-state index in [-0.39, 0.29) is 37.8 Å². The molecule has 2 N–H and O–H groups in total. The van der Waals surface area contributed by atoms with Crippen molar-refractivity contribution in [2.75, 3.05) is 32.7 Å². The summed E-state index contributed by atoms with van der Waals surface area (Å²) in [5, 5.41) is 26.8. The number of carbonyl (C=O) groups excluding carboxylic acids is 1. The molecule has 3 aliphatic rings. The minimum absolute atomic E-state index is 0.0806. The molecule has 1 unspecified atom stereocenters. The summed E-state index contributed by atoms with van der Waals surface area (Å²) in [6, 6.07) is 18.5. The van der Waals surface area contributed by atoms with Crippen molar-refractivity contribution in [1.29, 1.82) is 0 Å². The maximum Gasteiger partial charge on any atom is 0.407 e. The van der Waals surface area contributed by atoms with Crippen molar-refractivity contribution in [2.45, 2.75) is 50.3 Å². The van der Waals surface area contributed by atoms with Crippen molar-refractivity contribution in [3.05, 3.63) is 89.1 Å². The van der Waals surface area contributed by atoms with Crippen LogP contribution >= 0.6 is 0 Å². The standard InChI is InChI=1S/C33H37N7O5/c41-29-26-19-35-40(25-11-5-2-6-12-25)28(26)34-23-38(29)22-33(45)15-16-37(21-32(33)13-7-8-14-32)30(42)39-18-17-36(31(43)44)20-27(39)24-9-3-1-4-10-24/h1-6,9-12,19,23,27,45H,7-8,13-18,20-22H2,(H,43,44)/t27-,33?/m0/s1. The van der Waals surface area contributed by atoms with Crippen LogP contribution in [-0.2, 0) is 6.54 Å². The number of nitrogens with zero attached hydrogens (tertiary/aromatic N) is 7. The lowest BCUT2D eigenvalue weighted by Gasteiger charge is -2.53. The largest absolute Gasteiger partial charge is 0.465 e. The van der Waals surface area contributed by atoms with Crippen molar-refractivity contribution in [3.8, 4) is 5.69 Å². The van der Waals surface area contributed by atoms with Crippen LogP contribution in [0.3, 0.4) is 0 Å². The van der Waals surface area contributed by atoms with Crippen LogP contribution in [0.15, 0.2) is 78.0 Å². The molecule has 2 aromatic heterocycles. The number of hydrogen-bond acceptors (Lipinski definition) is 6. The lowest BCUT2D eigenvalue weighted by molar-refractivity contribution is -0.137. The lowest BCUT2D eigenvalue weighted by atomic mass is 9.66. The third-order valence-corrected chi connectivity index (χ3v) is 10.2. The van der Waals surface area contributed by atoms with Gasteiger partial charge in [-0.3, -0.25) is 9.36 Å². The number of hydrogen-bond donors (Lipinski definition) is 2. The molecule has 7 rings (SSSR count). The van der Waals surface area contributed by atoms with Crippen LogP contribution in [-0.4, -0.2) is 94.7 Å². The number of amides is 3. The summed E-state index contributed by atoms with van der Waals surface area (Å²) in [4.78, 5) is 49.2. The van der Waals surface area contributed by atoms with Crippen LogP contribution < -0.4 is 5.56 Å². The molecule has 0 radical (unpaired) electrons. The van der Waals surface area contributed by atoms with Gasteiger partial charge in [0.25, 0.3) is 5.56 Å². The second-order valence-corrected chi connectivity index (χ2v) is 12.6. The summed E-state index contributed by atoms with van der Waals surface area (Å²) < 4.78 is 3.13. The number of carboxylic acid groups (broad SMARTS) is 1. The zero-order valence-corrected chi connectivity index (χ0v) is 25.0. The molecule has 3 amide bonds. The van der Waals surface area contributed by atoms with Crippen molar-refractivity contribution in [1.82, 2.24) is 34.0 Å². The smallest absolute Gasteiger partial charge is 0.407 e. The van der Waals surface area contributed by atoms with E-state index in [2.05, 4.69) is 10.1 Å². The maximum atomic E-state index is 14.2. The van der Waals surface area contributed by atoms with Gasteiger partial charge in [-0.25, -0.2) is 19.3 Å². The second kappa shape index (κ2) is 11.3. The van der Waals surface area contributed by atoms with Crippen LogP contribution in [0.4, 0.5) is 9.59 Å². The fourth-order valence-electron chi connectivity index (χ4n) is 7.69. The molecule has 2 aliphatic heterocycles. The highest BCUT2D eigenvalue weighted by molar-refractivity contribution is 5.76. The van der Waals surface area contributed by atoms with E-state index in [4.69, 9.17) is 0 Å². The third-order valence-electron chi connectivity index (χ3n) is 10.2. The molecule has 1 spiro atoms. The number of aromatic nitrogens is 4. The number of piperazine rings is 1. The average molecular weight is 612 g/mol. The average Bonchev–Trinajstić information content (AvgIpc) is 3.73. The summed E-state index contributed by atoms with van der Waals surface area (Å²) >= 11 is 0. The highest BCUT2D eigenvalue weighted by atomic mass is 16.4. The van der Waals surface area contributed by atoms with Gasteiger partial charge in [0.15, 0.2) is 5.65 Å². The Balaban J connectivity index is 1.14. The number of carbonyl (C=O) groups is 2. The number of aliphatic hydroxyl groups is 1. The quantitative estimate of drug-likeness (QED) is 0.359. The number of benzene rings is 2. The molecular weight excluding hydrogens is 574 g/mol. The minimum Gasteiger partial charge on any atom is -0.465 e. The molecule has 2 atom stereocenters. The predicted molar refractivity (Wildman–Crippen MR) is 166 cm³/mol. The lowest BCUT2D eigenvalue weighted by Crippen LogP contribution is -2.64. The summed E-state index contributed by atoms with van der Waals surface area (Å²) in [6.45, 7) is 1.51. The monoisotopic (exact) mass is 611 g/mol. The Kier molecular flexibility index (Phi) is 7.31. The first kappa shape index (κ1) is 29.0. The molecule has 234 valence electrons. The number of piperidine rings is 1. The Morgan fingerprint density at radius 1 is 0.911 bits per heavy atom. The van der Waals surface area contributed by atoms with E-state index in [0.29, 0.717) is 30.5 Å². The van der Waals surface area contributed by atoms with Gasteiger partial charge in [0.2, 0.25) is 0 Å². The highest BCUT2D eigenvalue weighted by Crippen LogP contribution is 2.52. The summed E-state index contributed by atoms with van der Waals surface area (Å²) in [7, 11) is 0. The highest BCUT2D eigenvalue weighted by Gasteiger charge is 2.56. The molecule has 3 fully saturated rings. The molecular formula is C33H37N7O5. The van der Waals surface area contributed by atoms with E-state index in [0.717, 1.165) is 36.9 Å². The summed E-state index contributed by atoms with van der Waals surface area (Å²) in [5.41, 5.74) is 0.103. The molecule has 1 saturated carbocycles. The number of urea groups is 1. The SMILES string of the molecule is O=C(O)N1CCN(C(=O)N2CCC(O)(Cn3cnc4c(cnn4-c4ccccc4)c3=O)C3(CCCC3)C2)[C@H](c2ccccc2)C1. The van der Waals surface area contributed by atoms with Crippen LogP contribution in [0, 0.1) is 5.41 Å². The van der Waals surface area contributed by atoms with Crippen molar-refractivity contribution in [3.63, 3.8) is 0 Å². The van der Waals surface area contributed by atoms with E-state index in [1.54, 1.807) is 9.58 Å². The summed E-state index contributed by atoms with van der Waals surface area (Å²) in [5.74, 6) is 0. The van der Waals surface area contributed by atoms with E-state index in [9.17, 15) is 24.6 Å². The first-order chi connectivity index (χ1) is 21.8. The number of fused-ring (bicyclic) bond motifs is 1. The number of likely N-dealkylation sites (tertiary alicyclic amines) is 1. The Morgan fingerprint density at radius 3 is 2.33 bits per heavy atom. The second-order valence-electron chi connectivity index (χ2n) is 12.6. The van der Waals surface area contributed by atoms with E-state index in [1.165, 1.54) is 22.0 Å². The Bertz CT molecular complexity index is 1770. The van der Waals surface area contributed by atoms with Gasteiger partial charge in [-0.15, -0.1) is 0 Å². The van der Waals surface area contributed by atoms with Crippen molar-refractivity contribution < 1.29 is 19.8 Å². The zero-order chi connectivity index (χ0) is 31.2. The Morgan fingerprint density at radius 2 is 1.62 bits per heavy atom. The fraction of sp³-hybridized carbons (Fsp3) is 0.424. The molecule has 12 heteroatoms. The first-order valence-electron chi connectivity index (χ1n) is 15.6. The molecule has 12 nitrogen and oxygen atoms in total. The Labute approximate surface area is 260 Å². The Hall–Kier alpha value is -4.71. The van der Waals surface area contributed by atoms with Gasteiger partial charge in [0, 0.05) is 38.1 Å². The normalized spacial score (nSPS) is 23.1. The molecule has 45 heavy (non-hydrogen) atoms. The van der Waals surface area contributed by atoms with Crippen LogP contribution in [0.1, 0.15) is 43.7 Å².